The quantitative estimate of drug-likeness (QED) is 0.316. The number of ketones is 2. The highest BCUT2D eigenvalue weighted by atomic mass is 79.9. The average Bonchev–Trinajstić information content (AvgIpc) is 2.93. The van der Waals surface area contributed by atoms with Crippen LogP contribution in [0.4, 0.5) is 0 Å². The van der Waals surface area contributed by atoms with Crippen molar-refractivity contribution in [2.24, 2.45) is 0 Å². The Hall–Kier alpha value is -2.90. The van der Waals surface area contributed by atoms with Crippen molar-refractivity contribution < 1.29 is 23.8 Å². The van der Waals surface area contributed by atoms with Crippen molar-refractivity contribution in [2.45, 2.75) is 57.5 Å². The van der Waals surface area contributed by atoms with Crippen molar-refractivity contribution in [1.29, 1.82) is 0 Å². The van der Waals surface area contributed by atoms with E-state index in [0.717, 1.165) is 76.8 Å². The van der Waals surface area contributed by atoms with Gasteiger partial charge in [-0.3, -0.25) is 9.59 Å². The summed E-state index contributed by atoms with van der Waals surface area (Å²) in [7, 11) is 3.32. The summed E-state index contributed by atoms with van der Waals surface area (Å²) in [6.07, 6.45) is 5.20. The van der Waals surface area contributed by atoms with Crippen LogP contribution >= 0.6 is 15.9 Å². The normalized spacial score (nSPS) is 18.0. The van der Waals surface area contributed by atoms with Crippen LogP contribution < -0.4 is 9.47 Å². The molecule has 0 radical (unpaired) electrons. The summed E-state index contributed by atoms with van der Waals surface area (Å²) >= 11 is 3.71. The molecule has 38 heavy (non-hydrogen) atoms. The zero-order valence-corrected chi connectivity index (χ0v) is 23.6. The number of rotatable bonds is 9. The summed E-state index contributed by atoms with van der Waals surface area (Å²) < 4.78 is 18.0. The van der Waals surface area contributed by atoms with Gasteiger partial charge in [-0.05, 0) is 71.3 Å². The molecule has 0 saturated heterocycles. The molecule has 0 unspecified atom stereocenters. The fraction of sp³-hybridized carbons (Fsp3) is 0.419. The molecule has 6 nitrogen and oxygen atoms in total. The molecule has 1 aliphatic heterocycles. The van der Waals surface area contributed by atoms with E-state index in [2.05, 4.69) is 20.8 Å². The minimum atomic E-state index is -0.396. The molecule has 0 N–H and O–H groups in total. The zero-order valence-electron chi connectivity index (χ0n) is 22.1. The highest BCUT2D eigenvalue weighted by molar-refractivity contribution is 9.10. The average molecular weight is 581 g/mol. The summed E-state index contributed by atoms with van der Waals surface area (Å²) in [6, 6.07) is 13.9. The Morgan fingerprint density at radius 1 is 0.921 bits per heavy atom. The lowest BCUT2D eigenvalue weighted by atomic mass is 9.71. The molecule has 0 atom stereocenters. The topological polar surface area (TPSA) is 65.1 Å². The van der Waals surface area contributed by atoms with Crippen LogP contribution in [0.15, 0.2) is 69.5 Å². The highest BCUT2D eigenvalue weighted by Gasteiger charge is 2.43. The van der Waals surface area contributed by atoms with Crippen LogP contribution in [0.3, 0.4) is 0 Å². The van der Waals surface area contributed by atoms with Crippen molar-refractivity contribution in [3.63, 3.8) is 0 Å². The fourth-order valence-electron chi connectivity index (χ4n) is 5.96. The molecule has 0 fully saturated rings. The molecule has 0 spiro atoms. The number of carbonyl (C=O) groups is 2. The third-order valence-electron chi connectivity index (χ3n) is 7.63. The molecule has 0 saturated carbocycles. The highest BCUT2D eigenvalue weighted by Crippen LogP contribution is 2.51. The number of carbonyl (C=O) groups excluding carboxylic acids is 2. The van der Waals surface area contributed by atoms with E-state index in [0.29, 0.717) is 37.6 Å². The van der Waals surface area contributed by atoms with Gasteiger partial charge in [0.25, 0.3) is 0 Å². The fourth-order valence-corrected chi connectivity index (χ4v) is 6.54. The van der Waals surface area contributed by atoms with Gasteiger partial charge in [-0.15, -0.1) is 0 Å². The van der Waals surface area contributed by atoms with E-state index in [-0.39, 0.29) is 11.6 Å². The van der Waals surface area contributed by atoms with E-state index in [1.807, 2.05) is 42.5 Å². The lowest BCUT2D eigenvalue weighted by Gasteiger charge is -2.44. The molecule has 0 bridgehead atoms. The third kappa shape index (κ3) is 5.19. The van der Waals surface area contributed by atoms with Gasteiger partial charge in [0.15, 0.2) is 23.1 Å². The van der Waals surface area contributed by atoms with Crippen molar-refractivity contribution >= 4 is 27.5 Å². The first-order valence-corrected chi connectivity index (χ1v) is 14.2. The van der Waals surface area contributed by atoms with Gasteiger partial charge < -0.3 is 19.1 Å². The lowest BCUT2D eigenvalue weighted by molar-refractivity contribution is -0.117. The minimum Gasteiger partial charge on any atom is -0.493 e. The maximum atomic E-state index is 13.5. The number of allylic oxidation sites excluding steroid dienone is 4. The maximum Gasteiger partial charge on any atom is 0.175 e. The molecule has 7 heteroatoms. The molecule has 2 aromatic carbocycles. The molecule has 0 amide bonds. The molecular weight excluding hydrogens is 546 g/mol. The van der Waals surface area contributed by atoms with Gasteiger partial charge in [-0.1, -0.05) is 30.3 Å². The van der Waals surface area contributed by atoms with Gasteiger partial charge >= 0.3 is 0 Å². The molecule has 5 rings (SSSR count). The van der Waals surface area contributed by atoms with Crippen LogP contribution in [0.25, 0.3) is 0 Å². The number of Topliss-reactive ketones (excluding diaryl/α,β-unsaturated/α-hetero) is 2. The monoisotopic (exact) mass is 579 g/mol. The Bertz CT molecular complexity index is 1240. The van der Waals surface area contributed by atoms with Crippen LogP contribution in [-0.4, -0.2) is 43.8 Å². The van der Waals surface area contributed by atoms with Gasteiger partial charge in [0.2, 0.25) is 0 Å². The predicted molar refractivity (Wildman–Crippen MR) is 149 cm³/mol. The number of hydrogen-bond donors (Lipinski definition) is 0. The molecule has 0 aromatic heterocycles. The van der Waals surface area contributed by atoms with Crippen molar-refractivity contribution in [2.75, 3.05) is 27.4 Å². The van der Waals surface area contributed by atoms with Gasteiger partial charge in [0.05, 0.1) is 11.6 Å². The minimum absolute atomic E-state index is 0.136. The summed E-state index contributed by atoms with van der Waals surface area (Å²) in [5.41, 5.74) is 5.63. The number of hydrogen-bond acceptors (Lipinski definition) is 6. The molecular formula is C31H34BrNO5. The van der Waals surface area contributed by atoms with Gasteiger partial charge in [-0.25, -0.2) is 0 Å². The Morgan fingerprint density at radius 3 is 2.18 bits per heavy atom. The number of halogens is 1. The van der Waals surface area contributed by atoms with E-state index < -0.39 is 5.92 Å². The molecule has 3 aliphatic rings. The van der Waals surface area contributed by atoms with E-state index in [1.54, 1.807) is 14.2 Å². The number of methoxy groups -OCH3 is 2. The molecule has 2 aromatic rings. The number of benzene rings is 2. The summed E-state index contributed by atoms with van der Waals surface area (Å²) in [5.74, 6) is 1.05. The lowest BCUT2D eigenvalue weighted by Crippen LogP contribution is -2.39. The number of ether oxygens (including phenoxy) is 3. The van der Waals surface area contributed by atoms with Gasteiger partial charge in [0, 0.05) is 61.6 Å². The van der Waals surface area contributed by atoms with E-state index in [9.17, 15) is 9.59 Å². The van der Waals surface area contributed by atoms with Crippen LogP contribution in [0.2, 0.25) is 0 Å². The first-order valence-electron chi connectivity index (χ1n) is 13.4. The predicted octanol–water partition coefficient (Wildman–Crippen LogP) is 6.49. The van der Waals surface area contributed by atoms with E-state index >= 15 is 0 Å². The summed E-state index contributed by atoms with van der Waals surface area (Å²) in [4.78, 5) is 29.3. The van der Waals surface area contributed by atoms with Crippen molar-refractivity contribution in [1.82, 2.24) is 4.90 Å². The Kier molecular flexibility index (Phi) is 8.34. The van der Waals surface area contributed by atoms with Crippen LogP contribution in [0, 0.1) is 0 Å². The zero-order chi connectivity index (χ0) is 26.6. The molecule has 1 heterocycles. The van der Waals surface area contributed by atoms with E-state index in [4.69, 9.17) is 14.2 Å². The van der Waals surface area contributed by atoms with Crippen LogP contribution in [0.5, 0.6) is 11.5 Å². The second-order valence-corrected chi connectivity index (χ2v) is 10.9. The number of nitrogens with zero attached hydrogens (tertiary/aromatic N) is 1. The summed E-state index contributed by atoms with van der Waals surface area (Å²) in [6.45, 7) is 1.79. The van der Waals surface area contributed by atoms with Crippen LogP contribution in [0.1, 0.15) is 62.0 Å². The third-order valence-corrected chi connectivity index (χ3v) is 8.22. The maximum absolute atomic E-state index is 13.5. The SMILES string of the molecule is COCCCN1C2=C(C(=O)CCC2)C(c2cc(Br)c(OCc3ccccc3)c(OC)c2)C2=C1CCCC2=O. The van der Waals surface area contributed by atoms with E-state index in [1.165, 1.54) is 0 Å². The Morgan fingerprint density at radius 2 is 1.58 bits per heavy atom. The van der Waals surface area contributed by atoms with Gasteiger partial charge in [0.1, 0.15) is 6.61 Å². The Labute approximate surface area is 232 Å². The largest absolute Gasteiger partial charge is 0.493 e. The van der Waals surface area contributed by atoms with Crippen LogP contribution in [-0.2, 0) is 20.9 Å². The smallest absolute Gasteiger partial charge is 0.175 e. The van der Waals surface area contributed by atoms with Crippen molar-refractivity contribution in [3.05, 3.63) is 80.6 Å². The first kappa shape index (κ1) is 26.7. The molecule has 200 valence electrons. The second kappa shape index (κ2) is 11.9. The van der Waals surface area contributed by atoms with Gasteiger partial charge in [-0.2, -0.15) is 0 Å². The summed E-state index contributed by atoms with van der Waals surface area (Å²) in [5, 5.41) is 0. The van der Waals surface area contributed by atoms with Crippen molar-refractivity contribution in [3.8, 4) is 11.5 Å². The molecule has 2 aliphatic carbocycles. The standard InChI is InChI=1S/C31H34BrNO5/c1-36-16-8-15-33-23-11-6-13-25(34)29(23)28(30-24(33)12-7-14-26(30)35)21-17-22(32)31(27(18-21)37-2)38-19-20-9-4-3-5-10-20/h3-5,9-10,17-18,28H,6-8,11-16,19H2,1-2H3. The Balaban J connectivity index is 1.58. The second-order valence-electron chi connectivity index (χ2n) is 10.0. The first-order chi connectivity index (χ1) is 18.5.